The number of carbonyl (C=O) groups is 2. The van der Waals surface area contributed by atoms with Crippen molar-refractivity contribution in [3.05, 3.63) is 29.1 Å². The second-order valence-electron chi connectivity index (χ2n) is 9.78. The van der Waals surface area contributed by atoms with Crippen molar-refractivity contribution in [2.45, 2.75) is 70.7 Å². The molecule has 0 unspecified atom stereocenters. The number of pyridine rings is 1. The second-order valence-corrected chi connectivity index (χ2v) is 11.5. The largest absolute Gasteiger partial charge is 0.598 e. The van der Waals surface area contributed by atoms with Crippen molar-refractivity contribution >= 4 is 23.2 Å². The number of amides is 1. The highest BCUT2D eigenvalue weighted by Crippen LogP contribution is 2.44. The van der Waals surface area contributed by atoms with Gasteiger partial charge in [0.15, 0.2) is 5.78 Å². The van der Waals surface area contributed by atoms with E-state index in [0.717, 1.165) is 11.4 Å². The summed E-state index contributed by atoms with van der Waals surface area (Å²) in [5, 5.41) is 5.59. The summed E-state index contributed by atoms with van der Waals surface area (Å²) in [6.45, 7) is 10.2. The topological polar surface area (TPSA) is 109 Å². The van der Waals surface area contributed by atoms with Crippen LogP contribution in [0.15, 0.2) is 12.1 Å². The van der Waals surface area contributed by atoms with Crippen molar-refractivity contribution in [3.63, 3.8) is 0 Å². The summed E-state index contributed by atoms with van der Waals surface area (Å²) in [6.07, 6.45) is 1.96. The van der Waals surface area contributed by atoms with Gasteiger partial charge in [0, 0.05) is 54.0 Å². The van der Waals surface area contributed by atoms with Gasteiger partial charge in [0.2, 0.25) is 0 Å². The summed E-state index contributed by atoms with van der Waals surface area (Å²) < 4.78 is 16.6. The third-order valence-corrected chi connectivity index (χ3v) is 7.02. The number of likely N-dealkylation sites (tertiary alicyclic amines) is 1. The first-order valence-electron chi connectivity index (χ1n) is 10.0. The highest BCUT2D eigenvalue weighted by atomic mass is 32.2. The number of ether oxygens (including phenoxy) is 1. The lowest BCUT2D eigenvalue weighted by Gasteiger charge is -2.38. The van der Waals surface area contributed by atoms with Crippen LogP contribution in [0.1, 0.15) is 69.2 Å². The fraction of sp³-hybridized carbons (Fsp3) is 0.667. The number of nitrogens with two attached hydrogens (primary N) is 1. The normalized spacial score (nSPS) is 20.0. The summed E-state index contributed by atoms with van der Waals surface area (Å²) in [5.74, 6) is 0.122. The summed E-state index contributed by atoms with van der Waals surface area (Å²) in [7, 11) is 0. The van der Waals surface area contributed by atoms with Crippen LogP contribution in [0.2, 0.25) is 0 Å². The molecule has 0 bridgehead atoms. The Bertz CT molecular complexity index is 809. The second kappa shape index (κ2) is 7.56. The van der Waals surface area contributed by atoms with Crippen LogP contribution in [0.4, 0.5) is 4.79 Å². The van der Waals surface area contributed by atoms with Gasteiger partial charge < -0.3 is 14.2 Å². The Hall–Kier alpha value is -1.64. The van der Waals surface area contributed by atoms with Crippen LogP contribution >= 0.6 is 0 Å². The third kappa shape index (κ3) is 4.59. The van der Waals surface area contributed by atoms with Crippen molar-refractivity contribution in [1.29, 1.82) is 0 Å². The zero-order chi connectivity index (χ0) is 21.6. The van der Waals surface area contributed by atoms with Gasteiger partial charge in [-0.2, -0.15) is 5.14 Å². The molecule has 0 radical (unpaired) electrons. The molecule has 1 aliphatic carbocycles. The van der Waals surface area contributed by atoms with Crippen molar-refractivity contribution in [1.82, 2.24) is 9.88 Å². The van der Waals surface area contributed by atoms with E-state index in [1.54, 1.807) is 4.90 Å². The molecule has 0 aromatic carbocycles. The van der Waals surface area contributed by atoms with Crippen LogP contribution in [0.5, 0.6) is 0 Å². The van der Waals surface area contributed by atoms with Crippen LogP contribution in [0.25, 0.3) is 0 Å². The predicted octanol–water partition coefficient (Wildman–Crippen LogP) is 2.78. The zero-order valence-electron chi connectivity index (χ0n) is 17.9. The molecule has 2 N–H and O–H groups in total. The molecule has 0 saturated carbocycles. The Morgan fingerprint density at radius 1 is 1.28 bits per heavy atom. The van der Waals surface area contributed by atoms with Gasteiger partial charge in [-0.15, -0.1) is 0 Å². The van der Waals surface area contributed by atoms with Gasteiger partial charge in [-0.25, -0.2) is 4.79 Å². The van der Waals surface area contributed by atoms with Gasteiger partial charge in [-0.3, -0.25) is 9.78 Å². The Morgan fingerprint density at radius 3 is 2.45 bits per heavy atom. The number of fused-ring (bicyclic) bond motifs is 1. The van der Waals surface area contributed by atoms with Crippen molar-refractivity contribution in [2.75, 3.05) is 13.1 Å². The standard InChI is InChI=1S/C21H31N3O4S/c1-19(2,3)28-18(26)24-10-8-21(9-11-24)13-16-15(17(21)25)7-6-14(23-16)12-20(4,5)29(22)27/h6-7H,8-13,22H2,1-5H3/t29-/m1/s1. The quantitative estimate of drug-likeness (QED) is 0.752. The molecular formula is C21H31N3O4S. The lowest BCUT2D eigenvalue weighted by Crippen LogP contribution is -2.47. The van der Waals surface area contributed by atoms with Crippen LogP contribution in [0, 0.1) is 5.41 Å². The Balaban J connectivity index is 1.70. The molecule has 29 heavy (non-hydrogen) atoms. The van der Waals surface area contributed by atoms with Crippen LogP contribution < -0.4 is 5.14 Å². The number of carbonyl (C=O) groups excluding carboxylic acids is 2. The minimum atomic E-state index is -1.46. The molecule has 1 aliphatic heterocycles. The van der Waals surface area contributed by atoms with E-state index in [9.17, 15) is 14.1 Å². The van der Waals surface area contributed by atoms with Gasteiger partial charge in [0.25, 0.3) is 0 Å². The van der Waals surface area contributed by atoms with Crippen LogP contribution in [-0.4, -0.2) is 49.8 Å². The van der Waals surface area contributed by atoms with E-state index in [-0.39, 0.29) is 11.9 Å². The first-order chi connectivity index (χ1) is 13.3. The van der Waals surface area contributed by atoms with Crippen LogP contribution in [-0.2, 0) is 28.9 Å². The van der Waals surface area contributed by atoms with E-state index in [4.69, 9.17) is 14.9 Å². The molecule has 1 spiro atoms. The van der Waals surface area contributed by atoms with E-state index in [2.05, 4.69) is 0 Å². The number of piperidine rings is 1. The van der Waals surface area contributed by atoms with Crippen molar-refractivity contribution in [2.24, 2.45) is 10.6 Å². The number of aromatic nitrogens is 1. The van der Waals surface area contributed by atoms with Crippen LogP contribution in [0.3, 0.4) is 0 Å². The average molecular weight is 422 g/mol. The van der Waals surface area contributed by atoms with E-state index in [0.29, 0.717) is 44.3 Å². The Morgan fingerprint density at radius 2 is 1.90 bits per heavy atom. The first-order valence-corrected chi connectivity index (χ1v) is 11.2. The highest BCUT2D eigenvalue weighted by molar-refractivity contribution is 7.90. The molecule has 1 saturated heterocycles. The number of rotatable bonds is 3. The predicted molar refractivity (Wildman–Crippen MR) is 112 cm³/mol. The molecule has 1 aromatic heterocycles. The number of hydrogen-bond acceptors (Lipinski definition) is 6. The van der Waals surface area contributed by atoms with E-state index >= 15 is 0 Å². The molecule has 2 aliphatic rings. The average Bonchev–Trinajstić information content (AvgIpc) is 2.85. The number of Topliss-reactive ketones (excluding diaryl/α,β-unsaturated/α-hetero) is 1. The summed E-state index contributed by atoms with van der Waals surface area (Å²) in [6, 6.07) is 3.67. The molecular weight excluding hydrogens is 390 g/mol. The molecule has 160 valence electrons. The summed E-state index contributed by atoms with van der Waals surface area (Å²) >= 11 is -1.46. The van der Waals surface area contributed by atoms with Gasteiger partial charge in [0.05, 0.1) is 5.69 Å². The molecule has 1 amide bonds. The fourth-order valence-corrected chi connectivity index (χ4v) is 4.32. The van der Waals surface area contributed by atoms with Gasteiger partial charge >= 0.3 is 6.09 Å². The monoisotopic (exact) mass is 421 g/mol. The van der Waals surface area contributed by atoms with Gasteiger partial charge in [-0.1, -0.05) is 0 Å². The van der Waals surface area contributed by atoms with E-state index < -0.39 is 27.1 Å². The Labute approximate surface area is 175 Å². The maximum absolute atomic E-state index is 13.1. The summed E-state index contributed by atoms with van der Waals surface area (Å²) in [5.41, 5.74) is 1.25. The molecule has 1 aromatic rings. The summed E-state index contributed by atoms with van der Waals surface area (Å²) in [4.78, 5) is 31.9. The Kier molecular flexibility index (Phi) is 5.75. The fourth-order valence-electron chi connectivity index (χ4n) is 4.03. The zero-order valence-corrected chi connectivity index (χ0v) is 18.7. The molecule has 1 fully saturated rings. The first kappa shape index (κ1) is 22.1. The highest BCUT2D eigenvalue weighted by Gasteiger charge is 2.48. The molecule has 1 atom stereocenters. The number of ketones is 1. The van der Waals surface area contributed by atoms with Crippen molar-refractivity contribution in [3.8, 4) is 0 Å². The number of nitrogens with zero attached hydrogens (tertiary/aromatic N) is 2. The maximum atomic E-state index is 13.1. The SMILES string of the molecule is CC(C)(C)OC(=O)N1CCC2(CC1)Cc1nc(CC(C)(C)[S@+](N)[O-])ccc1C2=O. The number of hydrogen-bond donors (Lipinski definition) is 1. The molecule has 8 heteroatoms. The van der Waals surface area contributed by atoms with Crippen molar-refractivity contribution < 1.29 is 18.9 Å². The van der Waals surface area contributed by atoms with E-state index in [1.807, 2.05) is 46.8 Å². The third-order valence-electron chi connectivity index (χ3n) is 5.79. The maximum Gasteiger partial charge on any atom is 0.410 e. The van der Waals surface area contributed by atoms with Gasteiger partial charge in [-0.05, 0) is 59.6 Å². The molecule has 3 rings (SSSR count). The lowest BCUT2D eigenvalue weighted by molar-refractivity contribution is 0.0113. The molecule has 7 nitrogen and oxygen atoms in total. The smallest absolute Gasteiger partial charge is 0.410 e. The lowest BCUT2D eigenvalue weighted by atomic mass is 9.75. The van der Waals surface area contributed by atoms with Gasteiger partial charge in [0.1, 0.15) is 10.3 Å². The molecule has 2 heterocycles. The van der Waals surface area contributed by atoms with E-state index in [1.165, 1.54) is 0 Å². The minimum Gasteiger partial charge on any atom is -0.598 e. The minimum absolute atomic E-state index is 0.122.